The van der Waals surface area contributed by atoms with Gasteiger partial charge in [0.25, 0.3) is 0 Å². The van der Waals surface area contributed by atoms with Crippen LogP contribution in [0.1, 0.15) is 17.5 Å². The summed E-state index contributed by atoms with van der Waals surface area (Å²) in [4.78, 5) is 13.0. The Morgan fingerprint density at radius 2 is 1.78 bits per heavy atom. The van der Waals surface area contributed by atoms with Crippen molar-refractivity contribution in [2.24, 2.45) is 11.8 Å². The number of nitrogens with one attached hydrogen (secondary N) is 1. The average molecular weight is 428 g/mol. The molecular formula is C25H29N7. The van der Waals surface area contributed by atoms with Crippen molar-refractivity contribution in [2.75, 3.05) is 32.7 Å². The van der Waals surface area contributed by atoms with Crippen molar-refractivity contribution in [3.8, 4) is 5.69 Å². The lowest BCUT2D eigenvalue weighted by Crippen LogP contribution is -2.29. The molecule has 0 saturated carbocycles. The first kappa shape index (κ1) is 19.6. The lowest BCUT2D eigenvalue weighted by atomic mass is 10.0. The molecule has 2 aliphatic heterocycles. The van der Waals surface area contributed by atoms with Crippen LogP contribution in [0.15, 0.2) is 61.6 Å². The fourth-order valence-electron chi connectivity index (χ4n) is 5.61. The molecule has 1 aromatic carbocycles. The van der Waals surface area contributed by atoms with Gasteiger partial charge in [0.15, 0.2) is 0 Å². The molecule has 5 heterocycles. The Hall–Kier alpha value is -3.03. The standard InChI is InChI=1S/C25H29N7/c1-3-19(10-26-7-1)12-31-15-21-13-30(14-22(21)16-31)8-2-4-20-11-27-25-6-5-23(9-24(20)25)32-17-28-29-18-32/h1,3,5-7,9-11,17-18,21-22,27H,2,4,8,12-16H2. The van der Waals surface area contributed by atoms with E-state index in [0.717, 1.165) is 30.5 Å². The fraction of sp³-hybridized carbons (Fsp3) is 0.400. The lowest BCUT2D eigenvalue weighted by molar-refractivity contribution is 0.249. The average Bonchev–Trinajstić information content (AvgIpc) is 3.59. The molecule has 4 aromatic rings. The maximum Gasteiger partial charge on any atom is 0.123 e. The van der Waals surface area contributed by atoms with Gasteiger partial charge >= 0.3 is 0 Å². The third-order valence-electron chi connectivity index (χ3n) is 7.15. The van der Waals surface area contributed by atoms with Gasteiger partial charge in [0, 0.05) is 67.9 Å². The maximum absolute atomic E-state index is 4.26. The van der Waals surface area contributed by atoms with Gasteiger partial charge in [-0.25, -0.2) is 0 Å². The van der Waals surface area contributed by atoms with E-state index < -0.39 is 0 Å². The number of pyridine rings is 1. The molecule has 2 saturated heterocycles. The Bertz CT molecular complexity index is 1150. The van der Waals surface area contributed by atoms with Gasteiger partial charge < -0.3 is 9.88 Å². The summed E-state index contributed by atoms with van der Waals surface area (Å²) >= 11 is 0. The zero-order valence-corrected chi connectivity index (χ0v) is 18.3. The number of fused-ring (bicyclic) bond motifs is 2. The predicted octanol–water partition coefficient (Wildman–Crippen LogP) is 3.14. The Morgan fingerprint density at radius 1 is 0.969 bits per heavy atom. The molecule has 2 aliphatic rings. The molecule has 0 bridgehead atoms. The lowest BCUT2D eigenvalue weighted by Gasteiger charge is -2.21. The maximum atomic E-state index is 4.26. The van der Waals surface area contributed by atoms with E-state index >= 15 is 0 Å². The molecule has 164 valence electrons. The summed E-state index contributed by atoms with van der Waals surface area (Å²) < 4.78 is 1.96. The Morgan fingerprint density at radius 3 is 2.56 bits per heavy atom. The van der Waals surface area contributed by atoms with Crippen LogP contribution in [0.4, 0.5) is 0 Å². The Labute approximate surface area is 188 Å². The number of likely N-dealkylation sites (tertiary alicyclic amines) is 2. The summed E-state index contributed by atoms with van der Waals surface area (Å²) in [6.07, 6.45) is 11.8. The van der Waals surface area contributed by atoms with Crippen LogP contribution in [-0.4, -0.2) is 67.3 Å². The van der Waals surface area contributed by atoms with Gasteiger partial charge in [0.1, 0.15) is 12.7 Å². The first-order chi connectivity index (χ1) is 15.8. The van der Waals surface area contributed by atoms with Crippen molar-refractivity contribution < 1.29 is 0 Å². The Kier molecular flexibility index (Phi) is 5.21. The van der Waals surface area contributed by atoms with Crippen LogP contribution >= 0.6 is 0 Å². The number of nitrogens with zero attached hydrogens (tertiary/aromatic N) is 6. The number of hydrogen-bond acceptors (Lipinski definition) is 5. The fourth-order valence-corrected chi connectivity index (χ4v) is 5.61. The molecule has 2 unspecified atom stereocenters. The normalized spacial score (nSPS) is 21.5. The van der Waals surface area contributed by atoms with Gasteiger partial charge in [-0.15, -0.1) is 10.2 Å². The minimum absolute atomic E-state index is 0.825. The minimum atomic E-state index is 0.825. The van der Waals surface area contributed by atoms with E-state index in [0.29, 0.717) is 0 Å². The molecule has 0 aliphatic carbocycles. The molecule has 0 spiro atoms. The highest BCUT2D eigenvalue weighted by Crippen LogP contribution is 2.32. The first-order valence-corrected chi connectivity index (χ1v) is 11.6. The summed E-state index contributed by atoms with van der Waals surface area (Å²) in [6, 6.07) is 10.7. The summed E-state index contributed by atoms with van der Waals surface area (Å²) in [7, 11) is 0. The summed E-state index contributed by atoms with van der Waals surface area (Å²) in [5, 5.41) is 9.16. The van der Waals surface area contributed by atoms with Crippen molar-refractivity contribution in [1.29, 1.82) is 0 Å². The number of aryl methyl sites for hydroxylation is 1. The van der Waals surface area contributed by atoms with Crippen LogP contribution in [0.5, 0.6) is 0 Å². The van der Waals surface area contributed by atoms with Gasteiger partial charge in [0.2, 0.25) is 0 Å². The van der Waals surface area contributed by atoms with Gasteiger partial charge in [-0.2, -0.15) is 0 Å². The number of hydrogen-bond donors (Lipinski definition) is 1. The van der Waals surface area contributed by atoms with Crippen molar-refractivity contribution >= 4 is 10.9 Å². The highest BCUT2D eigenvalue weighted by atomic mass is 15.2. The van der Waals surface area contributed by atoms with Gasteiger partial charge in [-0.3, -0.25) is 14.5 Å². The smallest absolute Gasteiger partial charge is 0.123 e. The van der Waals surface area contributed by atoms with Crippen LogP contribution in [0.3, 0.4) is 0 Å². The van der Waals surface area contributed by atoms with E-state index in [1.165, 1.54) is 61.2 Å². The number of rotatable bonds is 7. The molecule has 0 amide bonds. The highest BCUT2D eigenvalue weighted by Gasteiger charge is 2.39. The van der Waals surface area contributed by atoms with Crippen LogP contribution in [0.25, 0.3) is 16.6 Å². The number of aromatic nitrogens is 5. The van der Waals surface area contributed by atoms with E-state index in [9.17, 15) is 0 Å². The quantitative estimate of drug-likeness (QED) is 0.491. The topological polar surface area (TPSA) is 65.9 Å². The van der Waals surface area contributed by atoms with Crippen molar-refractivity contribution in [3.05, 3.63) is 72.7 Å². The number of H-pyrrole nitrogens is 1. The van der Waals surface area contributed by atoms with Gasteiger partial charge in [-0.05, 0) is 66.6 Å². The molecule has 7 nitrogen and oxygen atoms in total. The van der Waals surface area contributed by atoms with E-state index in [2.05, 4.69) is 60.4 Å². The van der Waals surface area contributed by atoms with E-state index in [4.69, 9.17) is 0 Å². The Balaban J connectivity index is 1.02. The second-order valence-corrected chi connectivity index (χ2v) is 9.35. The second-order valence-electron chi connectivity index (χ2n) is 9.35. The first-order valence-electron chi connectivity index (χ1n) is 11.6. The van der Waals surface area contributed by atoms with Crippen molar-refractivity contribution in [2.45, 2.75) is 19.4 Å². The summed E-state index contributed by atoms with van der Waals surface area (Å²) in [6.45, 7) is 7.18. The zero-order valence-electron chi connectivity index (χ0n) is 18.3. The van der Waals surface area contributed by atoms with Gasteiger partial charge in [0.05, 0.1) is 0 Å². The third-order valence-corrected chi connectivity index (χ3v) is 7.15. The zero-order chi connectivity index (χ0) is 21.3. The largest absolute Gasteiger partial charge is 0.361 e. The highest BCUT2D eigenvalue weighted by molar-refractivity contribution is 5.85. The van der Waals surface area contributed by atoms with Crippen molar-refractivity contribution in [1.82, 2.24) is 34.5 Å². The molecule has 2 atom stereocenters. The monoisotopic (exact) mass is 427 g/mol. The van der Waals surface area contributed by atoms with Crippen LogP contribution in [-0.2, 0) is 13.0 Å². The van der Waals surface area contributed by atoms with E-state index in [1.54, 1.807) is 12.7 Å². The third kappa shape index (κ3) is 3.94. The van der Waals surface area contributed by atoms with E-state index in [1.807, 2.05) is 23.0 Å². The number of benzene rings is 1. The SMILES string of the molecule is c1cncc(CN2CC3CN(CCCc4c[nH]c5ccc(-n6cnnc6)cc45)CC3C2)c1. The van der Waals surface area contributed by atoms with Gasteiger partial charge in [-0.1, -0.05) is 6.07 Å². The molecule has 6 rings (SSSR count). The van der Waals surface area contributed by atoms with Crippen LogP contribution in [0, 0.1) is 11.8 Å². The van der Waals surface area contributed by atoms with Crippen molar-refractivity contribution in [3.63, 3.8) is 0 Å². The predicted molar refractivity (Wildman–Crippen MR) is 124 cm³/mol. The van der Waals surface area contributed by atoms with Crippen LogP contribution < -0.4 is 0 Å². The number of aromatic amines is 1. The molecule has 3 aromatic heterocycles. The van der Waals surface area contributed by atoms with E-state index in [-0.39, 0.29) is 0 Å². The van der Waals surface area contributed by atoms with Crippen LogP contribution in [0.2, 0.25) is 0 Å². The summed E-state index contributed by atoms with van der Waals surface area (Å²) in [5.74, 6) is 1.65. The molecule has 0 radical (unpaired) electrons. The molecule has 1 N–H and O–H groups in total. The molecule has 2 fully saturated rings. The minimum Gasteiger partial charge on any atom is -0.361 e. The molecule has 32 heavy (non-hydrogen) atoms. The summed E-state index contributed by atoms with van der Waals surface area (Å²) in [5.41, 5.74) is 5.03. The molecular weight excluding hydrogens is 398 g/mol. The second kappa shape index (κ2) is 8.48. The molecule has 7 heteroatoms.